The van der Waals surface area contributed by atoms with Gasteiger partial charge in [-0.25, -0.2) is 0 Å². The van der Waals surface area contributed by atoms with Gasteiger partial charge in [0.1, 0.15) is 17.9 Å². The minimum Gasteiger partial charge on any atom is -0.494 e. The van der Waals surface area contributed by atoms with Crippen LogP contribution in [0.2, 0.25) is 0 Å². The van der Waals surface area contributed by atoms with Gasteiger partial charge in [-0.15, -0.1) is 15.3 Å². The van der Waals surface area contributed by atoms with Crippen LogP contribution in [0.4, 0.5) is 11.5 Å². The molecule has 0 aliphatic carbocycles. The van der Waals surface area contributed by atoms with Crippen LogP contribution in [0.3, 0.4) is 0 Å². The van der Waals surface area contributed by atoms with Crippen molar-refractivity contribution < 1.29 is 9.53 Å². The second-order valence-electron chi connectivity index (χ2n) is 7.45. The molecule has 0 radical (unpaired) electrons. The van der Waals surface area contributed by atoms with E-state index in [-0.39, 0.29) is 5.91 Å². The lowest BCUT2D eigenvalue weighted by Gasteiger charge is -2.56. The lowest BCUT2D eigenvalue weighted by atomic mass is 9.87. The largest absolute Gasteiger partial charge is 0.494 e. The van der Waals surface area contributed by atoms with E-state index >= 15 is 0 Å². The van der Waals surface area contributed by atoms with E-state index in [1.807, 2.05) is 43.3 Å². The van der Waals surface area contributed by atoms with Gasteiger partial charge in [0.15, 0.2) is 5.65 Å². The Balaban J connectivity index is 1.17. The zero-order chi connectivity index (χ0) is 19.8. The van der Waals surface area contributed by atoms with Crippen molar-refractivity contribution in [3.05, 3.63) is 42.7 Å². The predicted molar refractivity (Wildman–Crippen MR) is 108 cm³/mol. The molecule has 0 saturated carbocycles. The second kappa shape index (κ2) is 7.32. The first-order valence-corrected chi connectivity index (χ1v) is 9.90. The Morgan fingerprint density at radius 1 is 1.17 bits per heavy atom. The number of nitrogens with one attached hydrogen (secondary N) is 1. The van der Waals surface area contributed by atoms with Crippen LogP contribution < -0.4 is 15.0 Å². The van der Waals surface area contributed by atoms with Crippen molar-refractivity contribution in [3.63, 3.8) is 0 Å². The smallest absolute Gasteiger partial charge is 0.238 e. The highest BCUT2D eigenvalue weighted by Crippen LogP contribution is 2.33. The van der Waals surface area contributed by atoms with Crippen molar-refractivity contribution >= 4 is 23.1 Å². The number of piperidine rings is 1. The first kappa shape index (κ1) is 17.9. The number of carbonyl (C=O) groups is 1. The van der Waals surface area contributed by atoms with Gasteiger partial charge in [-0.05, 0) is 49.7 Å². The number of aromatic nitrogens is 4. The van der Waals surface area contributed by atoms with Crippen molar-refractivity contribution in [3.8, 4) is 5.75 Å². The number of piperazine rings is 1. The van der Waals surface area contributed by atoms with Crippen LogP contribution >= 0.6 is 0 Å². The van der Waals surface area contributed by atoms with Crippen LogP contribution in [-0.2, 0) is 4.79 Å². The maximum atomic E-state index is 12.5. The summed E-state index contributed by atoms with van der Waals surface area (Å²) in [5, 5.41) is 15.4. The molecular formula is C20H23N7O2. The van der Waals surface area contributed by atoms with E-state index in [0.717, 1.165) is 42.4 Å². The molecule has 0 spiro atoms. The van der Waals surface area contributed by atoms with E-state index in [1.165, 1.54) is 0 Å². The summed E-state index contributed by atoms with van der Waals surface area (Å²) in [6.07, 6.45) is 2.74. The lowest BCUT2D eigenvalue weighted by Crippen LogP contribution is -2.69. The van der Waals surface area contributed by atoms with Gasteiger partial charge in [-0.1, -0.05) is 0 Å². The van der Waals surface area contributed by atoms with Gasteiger partial charge in [0.25, 0.3) is 0 Å². The van der Waals surface area contributed by atoms with E-state index < -0.39 is 0 Å². The highest BCUT2D eigenvalue weighted by atomic mass is 16.5. The van der Waals surface area contributed by atoms with Crippen LogP contribution in [0.1, 0.15) is 13.3 Å². The Hall–Kier alpha value is -3.20. The van der Waals surface area contributed by atoms with Crippen LogP contribution in [0.25, 0.3) is 5.65 Å². The Morgan fingerprint density at radius 3 is 2.72 bits per heavy atom. The third-order valence-electron chi connectivity index (χ3n) is 5.59. The van der Waals surface area contributed by atoms with Crippen LogP contribution in [0, 0.1) is 0 Å². The van der Waals surface area contributed by atoms with Crippen molar-refractivity contribution in [2.75, 3.05) is 36.5 Å². The number of amides is 1. The molecule has 3 aliphatic heterocycles. The van der Waals surface area contributed by atoms with Gasteiger partial charge in [-0.2, -0.15) is 4.52 Å². The number of ether oxygens (including phenoxy) is 1. The summed E-state index contributed by atoms with van der Waals surface area (Å²) in [4.78, 5) is 17.1. The van der Waals surface area contributed by atoms with Crippen molar-refractivity contribution in [2.45, 2.75) is 25.4 Å². The van der Waals surface area contributed by atoms with Gasteiger partial charge < -0.3 is 15.0 Å². The first-order valence-electron chi connectivity index (χ1n) is 9.90. The number of nitrogens with zero attached hydrogens (tertiary/aromatic N) is 6. The summed E-state index contributed by atoms with van der Waals surface area (Å²) in [6, 6.07) is 12.1. The average Bonchev–Trinajstić information content (AvgIpc) is 3.21. The van der Waals surface area contributed by atoms with E-state index in [2.05, 4.69) is 30.4 Å². The molecule has 3 fully saturated rings. The Bertz CT molecular complexity index is 1010. The highest BCUT2D eigenvalue weighted by Gasteiger charge is 2.45. The molecule has 9 nitrogen and oxygen atoms in total. The lowest BCUT2D eigenvalue weighted by molar-refractivity contribution is -0.121. The molecular weight excluding hydrogens is 370 g/mol. The molecule has 2 unspecified atom stereocenters. The molecule has 2 atom stereocenters. The summed E-state index contributed by atoms with van der Waals surface area (Å²) in [6.45, 7) is 4.72. The second-order valence-corrected chi connectivity index (χ2v) is 7.45. The number of carbonyl (C=O) groups excluding carboxylic acids is 1. The zero-order valence-electron chi connectivity index (χ0n) is 16.2. The van der Waals surface area contributed by atoms with Gasteiger partial charge in [-0.3, -0.25) is 9.69 Å². The number of fused-ring (bicyclic) bond motifs is 3. The summed E-state index contributed by atoms with van der Waals surface area (Å²) in [7, 11) is 0. The summed E-state index contributed by atoms with van der Waals surface area (Å²) in [5.41, 5.74) is 1.53. The molecule has 1 N–H and O–H groups in total. The van der Waals surface area contributed by atoms with Crippen molar-refractivity contribution in [2.24, 2.45) is 0 Å². The van der Waals surface area contributed by atoms with Crippen LogP contribution in [0.15, 0.2) is 42.7 Å². The fourth-order valence-electron chi connectivity index (χ4n) is 4.19. The molecule has 3 aromatic rings. The van der Waals surface area contributed by atoms with Crippen molar-refractivity contribution in [1.82, 2.24) is 24.7 Å². The maximum absolute atomic E-state index is 12.5. The molecule has 9 heteroatoms. The van der Waals surface area contributed by atoms with Crippen molar-refractivity contribution in [1.29, 1.82) is 0 Å². The van der Waals surface area contributed by atoms with Gasteiger partial charge in [0.2, 0.25) is 5.91 Å². The predicted octanol–water partition coefficient (Wildman–Crippen LogP) is 1.42. The number of hydrogen-bond acceptors (Lipinski definition) is 7. The summed E-state index contributed by atoms with van der Waals surface area (Å²) in [5.74, 6) is 1.74. The molecule has 1 aromatic carbocycles. The topological polar surface area (TPSA) is 87.9 Å². The Labute approximate surface area is 168 Å². The van der Waals surface area contributed by atoms with E-state index in [1.54, 1.807) is 10.8 Å². The number of rotatable bonds is 6. The zero-order valence-corrected chi connectivity index (χ0v) is 16.2. The summed E-state index contributed by atoms with van der Waals surface area (Å²) >= 11 is 0. The van der Waals surface area contributed by atoms with Gasteiger partial charge in [0, 0.05) is 30.9 Å². The number of benzene rings is 1. The molecule has 1 amide bonds. The van der Waals surface area contributed by atoms with E-state index in [9.17, 15) is 4.79 Å². The molecule has 2 bridgehead atoms. The van der Waals surface area contributed by atoms with Gasteiger partial charge in [0.05, 0.1) is 13.2 Å². The standard InChI is InChI=1S/C20H23N7O2/c1-2-29-17-5-3-14(4-6-17)22-20(28)12-26-15-9-16(26)11-25(10-15)19-8-7-18-23-21-13-27(18)24-19/h3-8,13,15-16H,2,9-12H2,1H3,(H,22,28). The minimum atomic E-state index is 0.0151. The molecule has 29 heavy (non-hydrogen) atoms. The van der Waals surface area contributed by atoms with E-state index in [4.69, 9.17) is 4.74 Å². The van der Waals surface area contributed by atoms with Crippen LogP contribution in [-0.4, -0.2) is 68.9 Å². The third-order valence-corrected chi connectivity index (χ3v) is 5.59. The molecule has 150 valence electrons. The van der Waals surface area contributed by atoms with E-state index in [0.29, 0.717) is 25.2 Å². The fraction of sp³-hybridized carbons (Fsp3) is 0.400. The number of anilines is 2. The first-order chi connectivity index (χ1) is 14.2. The third kappa shape index (κ3) is 3.49. The normalized spacial score (nSPS) is 21.1. The summed E-state index contributed by atoms with van der Waals surface area (Å²) < 4.78 is 7.13. The number of hydrogen-bond donors (Lipinski definition) is 1. The Kier molecular flexibility index (Phi) is 4.51. The molecule has 5 heterocycles. The Morgan fingerprint density at radius 2 is 1.97 bits per heavy atom. The SMILES string of the molecule is CCOc1ccc(NC(=O)CN2C3CC2CN(c2ccc4nncn4n2)C3)cc1. The van der Waals surface area contributed by atoms with Gasteiger partial charge >= 0.3 is 0 Å². The fourth-order valence-corrected chi connectivity index (χ4v) is 4.19. The quantitative estimate of drug-likeness (QED) is 0.678. The maximum Gasteiger partial charge on any atom is 0.238 e. The average molecular weight is 393 g/mol. The minimum absolute atomic E-state index is 0.0151. The molecule has 3 saturated heterocycles. The van der Waals surface area contributed by atoms with Crippen LogP contribution in [0.5, 0.6) is 5.75 Å². The monoisotopic (exact) mass is 393 g/mol. The molecule has 6 rings (SSSR count). The molecule has 3 aliphatic rings. The molecule has 2 aromatic heterocycles. The highest BCUT2D eigenvalue weighted by molar-refractivity contribution is 5.92.